The first-order valence-corrected chi connectivity index (χ1v) is 16.1. The summed E-state index contributed by atoms with van der Waals surface area (Å²) in [5, 5.41) is 10.7. The Balaban J connectivity index is 1.61. The topological polar surface area (TPSA) is 154 Å². The number of esters is 3. The Kier molecular flexibility index (Phi) is 9.24. The Bertz CT molecular complexity index is 1100. The molecule has 0 saturated carbocycles. The van der Waals surface area contributed by atoms with Gasteiger partial charge in [0.2, 0.25) is 17.5 Å². The average Bonchev–Trinajstić information content (AvgIpc) is 2.77. The lowest BCUT2D eigenvalue weighted by Crippen LogP contribution is -2.59. The maximum Gasteiger partial charge on any atom is 0.376 e. The maximum atomic E-state index is 13.5. The van der Waals surface area contributed by atoms with E-state index in [0.29, 0.717) is 38.5 Å². The van der Waals surface area contributed by atoms with E-state index >= 15 is 0 Å². The number of piperidine rings is 3. The molecular weight excluding hydrogens is 576 g/mol. The van der Waals surface area contributed by atoms with Crippen LogP contribution in [0, 0.1) is 0 Å². The zero-order valence-corrected chi connectivity index (χ0v) is 29.3. The summed E-state index contributed by atoms with van der Waals surface area (Å²) in [7, 11) is 0. The lowest BCUT2D eigenvalue weighted by molar-refractivity contribution is -0.00814. The average molecular weight is 631 g/mol. The van der Waals surface area contributed by atoms with Crippen molar-refractivity contribution in [2.75, 3.05) is 0 Å². The molecule has 45 heavy (non-hydrogen) atoms. The van der Waals surface area contributed by atoms with Crippen molar-refractivity contribution in [2.45, 2.75) is 173 Å². The van der Waals surface area contributed by atoms with Crippen LogP contribution in [0.3, 0.4) is 0 Å². The Morgan fingerprint density at radius 2 is 0.622 bits per heavy atom. The predicted octanol–water partition coefficient (Wildman–Crippen LogP) is 4.27. The van der Waals surface area contributed by atoms with Crippen molar-refractivity contribution < 1.29 is 28.6 Å². The van der Waals surface area contributed by atoms with Crippen LogP contribution in [0.4, 0.5) is 0 Å². The second-order valence-corrected chi connectivity index (χ2v) is 17.3. The zero-order chi connectivity index (χ0) is 33.8. The molecule has 1 aromatic heterocycles. The minimum absolute atomic E-state index is 0.275. The molecule has 0 bridgehead atoms. The Morgan fingerprint density at radius 1 is 0.444 bits per heavy atom. The summed E-state index contributed by atoms with van der Waals surface area (Å²) in [4.78, 5) is 53.0. The van der Waals surface area contributed by atoms with Crippen molar-refractivity contribution >= 4 is 17.9 Å². The first kappa shape index (κ1) is 35.2. The number of ether oxygens (including phenoxy) is 3. The molecule has 0 aromatic carbocycles. The van der Waals surface area contributed by atoms with Crippen molar-refractivity contribution in [3.8, 4) is 0 Å². The van der Waals surface area contributed by atoms with Gasteiger partial charge in [0.25, 0.3) is 0 Å². The molecule has 4 heterocycles. The standard InChI is InChI=1S/C33H54N6O6/c1-28(2)13-19(14-29(3,4)37-28)43-25(40)22-34-23(26(41)44-20-15-30(5,6)38-31(7,8)16-20)36-24(35-22)27(42)45-21-17-32(9,10)39-33(11,12)18-21/h19-21,37-39H,13-18H2,1-12H3. The minimum atomic E-state index is -0.840. The van der Waals surface area contributed by atoms with Crippen LogP contribution in [-0.4, -0.2) is 84.4 Å². The van der Waals surface area contributed by atoms with Gasteiger partial charge in [-0.25, -0.2) is 14.4 Å². The minimum Gasteiger partial charge on any atom is -0.456 e. The fourth-order valence-corrected chi connectivity index (χ4v) is 8.20. The van der Waals surface area contributed by atoms with E-state index in [9.17, 15) is 14.4 Å². The van der Waals surface area contributed by atoms with Crippen molar-refractivity contribution in [1.82, 2.24) is 30.9 Å². The van der Waals surface area contributed by atoms with Crippen molar-refractivity contribution in [1.29, 1.82) is 0 Å². The number of hydrogen-bond donors (Lipinski definition) is 3. The predicted molar refractivity (Wildman–Crippen MR) is 169 cm³/mol. The highest BCUT2D eigenvalue weighted by atomic mass is 16.6. The second kappa shape index (κ2) is 11.8. The maximum absolute atomic E-state index is 13.5. The molecule has 3 aliphatic rings. The van der Waals surface area contributed by atoms with Gasteiger partial charge in [0, 0.05) is 71.8 Å². The molecule has 252 valence electrons. The van der Waals surface area contributed by atoms with Gasteiger partial charge in [0.15, 0.2) is 0 Å². The molecule has 0 aliphatic carbocycles. The van der Waals surface area contributed by atoms with Gasteiger partial charge in [-0.3, -0.25) is 0 Å². The number of carbonyl (C=O) groups excluding carboxylic acids is 3. The van der Waals surface area contributed by atoms with E-state index in [1.807, 2.05) is 83.1 Å². The molecule has 12 heteroatoms. The van der Waals surface area contributed by atoms with Crippen LogP contribution in [-0.2, 0) is 14.2 Å². The molecule has 3 fully saturated rings. The third-order valence-corrected chi connectivity index (χ3v) is 8.46. The van der Waals surface area contributed by atoms with Gasteiger partial charge in [0.05, 0.1) is 0 Å². The number of aromatic nitrogens is 3. The smallest absolute Gasteiger partial charge is 0.376 e. The molecule has 3 saturated heterocycles. The SMILES string of the molecule is CC1(C)CC(OC(=O)c2nc(C(=O)OC3CC(C)(C)NC(C)(C)C3)nc(C(=O)OC3CC(C)(C)NC(C)(C)C3)n2)CC(C)(C)N1. The van der Waals surface area contributed by atoms with Crippen molar-refractivity contribution in [3.05, 3.63) is 17.5 Å². The van der Waals surface area contributed by atoms with E-state index in [-0.39, 0.29) is 33.2 Å². The Hall–Kier alpha value is -2.70. The Morgan fingerprint density at radius 3 is 0.800 bits per heavy atom. The molecule has 0 amide bonds. The molecule has 4 rings (SSSR count). The van der Waals surface area contributed by atoms with Crippen LogP contribution < -0.4 is 16.0 Å². The van der Waals surface area contributed by atoms with E-state index in [1.165, 1.54) is 0 Å². The van der Waals surface area contributed by atoms with Gasteiger partial charge >= 0.3 is 17.9 Å². The van der Waals surface area contributed by atoms with Crippen LogP contribution in [0.5, 0.6) is 0 Å². The number of hydrogen-bond acceptors (Lipinski definition) is 12. The second-order valence-electron chi connectivity index (χ2n) is 17.3. The number of rotatable bonds is 6. The Labute approximate surface area is 267 Å². The number of nitrogens with zero attached hydrogens (tertiary/aromatic N) is 3. The van der Waals surface area contributed by atoms with Crippen LogP contribution >= 0.6 is 0 Å². The van der Waals surface area contributed by atoms with Crippen LogP contribution in [0.15, 0.2) is 0 Å². The van der Waals surface area contributed by atoms with E-state index in [1.54, 1.807) is 0 Å². The van der Waals surface area contributed by atoms with Crippen LogP contribution in [0.2, 0.25) is 0 Å². The van der Waals surface area contributed by atoms with Gasteiger partial charge < -0.3 is 30.2 Å². The first-order chi connectivity index (χ1) is 20.3. The van der Waals surface area contributed by atoms with Crippen molar-refractivity contribution in [2.24, 2.45) is 0 Å². The highest BCUT2D eigenvalue weighted by Gasteiger charge is 2.43. The molecule has 0 atom stereocenters. The summed E-state index contributed by atoms with van der Waals surface area (Å²) in [6.07, 6.45) is 2.14. The first-order valence-electron chi connectivity index (χ1n) is 16.1. The molecule has 12 nitrogen and oxygen atoms in total. The van der Waals surface area contributed by atoms with Crippen LogP contribution in [0.1, 0.15) is 153 Å². The molecule has 0 radical (unpaired) electrons. The van der Waals surface area contributed by atoms with Gasteiger partial charge in [-0.05, 0) is 83.1 Å². The molecule has 0 spiro atoms. The van der Waals surface area contributed by atoms with Gasteiger partial charge in [-0.1, -0.05) is 0 Å². The van der Waals surface area contributed by atoms with Crippen molar-refractivity contribution in [3.63, 3.8) is 0 Å². The summed E-state index contributed by atoms with van der Waals surface area (Å²) < 4.78 is 17.6. The summed E-state index contributed by atoms with van der Waals surface area (Å²) >= 11 is 0. The summed E-state index contributed by atoms with van der Waals surface area (Å²) in [6, 6.07) is 0. The van der Waals surface area contributed by atoms with Crippen LogP contribution in [0.25, 0.3) is 0 Å². The largest absolute Gasteiger partial charge is 0.456 e. The quantitative estimate of drug-likeness (QED) is 0.304. The van der Waals surface area contributed by atoms with Gasteiger partial charge in [0.1, 0.15) is 18.3 Å². The number of nitrogens with one attached hydrogen (secondary N) is 3. The summed E-state index contributed by atoms with van der Waals surface area (Å²) in [6.45, 7) is 24.6. The fraction of sp³-hybridized carbons (Fsp3) is 0.818. The van der Waals surface area contributed by atoms with Gasteiger partial charge in [-0.2, -0.15) is 15.0 Å². The molecule has 3 N–H and O–H groups in total. The zero-order valence-electron chi connectivity index (χ0n) is 29.3. The monoisotopic (exact) mass is 630 g/mol. The number of carbonyl (C=O) groups is 3. The van der Waals surface area contributed by atoms with E-state index in [4.69, 9.17) is 14.2 Å². The third-order valence-electron chi connectivity index (χ3n) is 8.46. The normalized spacial score (nSPS) is 25.6. The third kappa shape index (κ3) is 9.65. The lowest BCUT2D eigenvalue weighted by Gasteiger charge is -2.45. The molecule has 3 aliphatic heterocycles. The molecular formula is C33H54N6O6. The van der Waals surface area contributed by atoms with Gasteiger partial charge in [-0.15, -0.1) is 0 Å². The highest BCUT2D eigenvalue weighted by Crippen LogP contribution is 2.33. The molecule has 1 aromatic rings. The molecule has 0 unspecified atom stereocenters. The van der Waals surface area contributed by atoms with E-state index < -0.39 is 53.7 Å². The van der Waals surface area contributed by atoms with E-state index in [0.717, 1.165) is 0 Å². The van der Waals surface area contributed by atoms with E-state index in [2.05, 4.69) is 30.9 Å². The fourth-order valence-electron chi connectivity index (χ4n) is 8.20. The summed E-state index contributed by atoms with van der Waals surface area (Å²) in [5.74, 6) is -3.83. The summed E-state index contributed by atoms with van der Waals surface area (Å²) in [5.41, 5.74) is -1.65. The highest BCUT2D eigenvalue weighted by molar-refractivity contribution is 5.92. The lowest BCUT2D eigenvalue weighted by atomic mass is 9.81.